The van der Waals surface area contributed by atoms with E-state index in [0.717, 1.165) is 5.56 Å². The van der Waals surface area contributed by atoms with Gasteiger partial charge >= 0.3 is 5.97 Å². The van der Waals surface area contributed by atoms with Crippen molar-refractivity contribution in [2.75, 3.05) is 13.2 Å². The van der Waals surface area contributed by atoms with Gasteiger partial charge < -0.3 is 19.7 Å². The minimum Gasteiger partial charge on any atom is -0.490 e. The van der Waals surface area contributed by atoms with E-state index in [0.29, 0.717) is 31.3 Å². The van der Waals surface area contributed by atoms with Crippen molar-refractivity contribution in [3.63, 3.8) is 0 Å². The van der Waals surface area contributed by atoms with Crippen LogP contribution in [0.4, 0.5) is 0 Å². The van der Waals surface area contributed by atoms with Gasteiger partial charge in [0.25, 0.3) is 0 Å². The molecule has 0 aliphatic rings. The molecule has 0 aliphatic carbocycles. The van der Waals surface area contributed by atoms with Crippen LogP contribution in [-0.2, 0) is 11.3 Å². The van der Waals surface area contributed by atoms with Crippen LogP contribution in [0.25, 0.3) is 0 Å². The molecular weight excluding hydrogens is 274 g/mol. The Kier molecular flexibility index (Phi) is 6.98. The molecule has 0 spiro atoms. The number of benzene rings is 1. The van der Waals surface area contributed by atoms with Crippen molar-refractivity contribution < 1.29 is 24.5 Å². The smallest absolute Gasteiger partial charge is 0.323 e. The minimum atomic E-state index is -1.08. The molecule has 21 heavy (non-hydrogen) atoms. The molecule has 0 heterocycles. The van der Waals surface area contributed by atoms with E-state index in [-0.39, 0.29) is 0 Å². The second kappa shape index (κ2) is 8.49. The number of aliphatic carboxylic acids is 1. The van der Waals surface area contributed by atoms with Crippen molar-refractivity contribution in [2.24, 2.45) is 0 Å². The van der Waals surface area contributed by atoms with E-state index in [2.05, 4.69) is 5.32 Å². The van der Waals surface area contributed by atoms with E-state index in [1.54, 1.807) is 6.07 Å². The highest BCUT2D eigenvalue weighted by Gasteiger charge is 2.22. The molecule has 118 valence electrons. The SMILES string of the molecule is CCOc1ccc(CNC(C(=O)O)C(C)O)cc1OCC. The highest BCUT2D eigenvalue weighted by molar-refractivity contribution is 5.74. The van der Waals surface area contributed by atoms with Gasteiger partial charge in [0.2, 0.25) is 0 Å². The number of aliphatic hydroxyl groups is 1. The normalized spacial score (nSPS) is 13.5. The van der Waals surface area contributed by atoms with Gasteiger partial charge in [0.05, 0.1) is 19.3 Å². The molecule has 0 aromatic heterocycles. The van der Waals surface area contributed by atoms with Gasteiger partial charge in [-0.1, -0.05) is 6.07 Å². The number of nitrogens with one attached hydrogen (secondary N) is 1. The zero-order chi connectivity index (χ0) is 15.8. The van der Waals surface area contributed by atoms with E-state index < -0.39 is 18.1 Å². The van der Waals surface area contributed by atoms with E-state index >= 15 is 0 Å². The molecule has 3 N–H and O–H groups in total. The van der Waals surface area contributed by atoms with Crippen molar-refractivity contribution in [1.29, 1.82) is 0 Å². The number of hydrogen-bond donors (Lipinski definition) is 3. The highest BCUT2D eigenvalue weighted by Crippen LogP contribution is 2.28. The summed E-state index contributed by atoms with van der Waals surface area (Å²) >= 11 is 0. The molecule has 0 saturated carbocycles. The summed E-state index contributed by atoms with van der Waals surface area (Å²) < 4.78 is 11.0. The molecule has 0 amide bonds. The predicted octanol–water partition coefficient (Wildman–Crippen LogP) is 1.41. The van der Waals surface area contributed by atoms with Crippen LogP contribution in [0.1, 0.15) is 26.3 Å². The van der Waals surface area contributed by atoms with Gasteiger partial charge in [-0.05, 0) is 38.5 Å². The summed E-state index contributed by atoms with van der Waals surface area (Å²) in [4.78, 5) is 11.0. The van der Waals surface area contributed by atoms with Gasteiger partial charge in [0, 0.05) is 6.54 Å². The lowest BCUT2D eigenvalue weighted by Gasteiger charge is -2.18. The Labute approximate surface area is 124 Å². The predicted molar refractivity (Wildman–Crippen MR) is 78.7 cm³/mol. The number of rotatable bonds is 9. The molecule has 0 saturated heterocycles. The summed E-state index contributed by atoms with van der Waals surface area (Å²) in [6.07, 6.45) is -0.975. The molecule has 0 fully saturated rings. The van der Waals surface area contributed by atoms with Crippen LogP contribution >= 0.6 is 0 Å². The maximum Gasteiger partial charge on any atom is 0.323 e. The van der Waals surface area contributed by atoms with Gasteiger partial charge in [-0.15, -0.1) is 0 Å². The summed E-state index contributed by atoms with van der Waals surface area (Å²) in [6.45, 7) is 6.59. The number of carboxylic acids is 1. The van der Waals surface area contributed by atoms with Crippen LogP contribution < -0.4 is 14.8 Å². The third kappa shape index (κ3) is 5.24. The van der Waals surface area contributed by atoms with Crippen molar-refractivity contribution in [3.05, 3.63) is 23.8 Å². The molecule has 0 aliphatic heterocycles. The van der Waals surface area contributed by atoms with Gasteiger partial charge in [-0.3, -0.25) is 10.1 Å². The first-order valence-corrected chi connectivity index (χ1v) is 7.02. The number of ether oxygens (including phenoxy) is 2. The largest absolute Gasteiger partial charge is 0.490 e. The molecule has 0 radical (unpaired) electrons. The quantitative estimate of drug-likeness (QED) is 0.639. The van der Waals surface area contributed by atoms with Gasteiger partial charge in [-0.2, -0.15) is 0 Å². The van der Waals surface area contributed by atoms with Crippen LogP contribution in [0, 0.1) is 0 Å². The summed E-state index contributed by atoms with van der Waals surface area (Å²) in [5.74, 6) is 0.206. The standard InChI is InChI=1S/C15H23NO5/c1-4-20-12-7-6-11(8-13(12)21-5-2)9-16-14(10(3)17)15(18)19/h6-8,10,14,16-17H,4-5,9H2,1-3H3,(H,18,19). The van der Waals surface area contributed by atoms with E-state index in [1.165, 1.54) is 6.92 Å². The molecular formula is C15H23NO5. The Morgan fingerprint density at radius 2 is 1.86 bits per heavy atom. The van der Waals surface area contributed by atoms with Crippen molar-refractivity contribution >= 4 is 5.97 Å². The number of hydrogen-bond acceptors (Lipinski definition) is 5. The van der Waals surface area contributed by atoms with Gasteiger partial charge in [0.1, 0.15) is 6.04 Å². The first-order chi connectivity index (χ1) is 9.99. The molecule has 6 heteroatoms. The van der Waals surface area contributed by atoms with Crippen LogP contribution in [0.5, 0.6) is 11.5 Å². The minimum absolute atomic E-state index is 0.314. The fourth-order valence-corrected chi connectivity index (χ4v) is 1.90. The van der Waals surface area contributed by atoms with Crippen LogP contribution in [-0.4, -0.2) is 41.5 Å². The molecule has 2 unspecified atom stereocenters. The zero-order valence-electron chi connectivity index (χ0n) is 12.6. The summed E-state index contributed by atoms with van der Waals surface area (Å²) in [7, 11) is 0. The summed E-state index contributed by atoms with van der Waals surface area (Å²) in [6, 6.07) is 4.43. The van der Waals surface area contributed by atoms with Crippen LogP contribution in [0.2, 0.25) is 0 Å². The second-order valence-electron chi connectivity index (χ2n) is 4.58. The number of carboxylic acid groups (broad SMARTS) is 1. The van der Waals surface area contributed by atoms with Gasteiger partial charge in [-0.25, -0.2) is 0 Å². The second-order valence-corrected chi connectivity index (χ2v) is 4.58. The number of aliphatic hydroxyl groups excluding tert-OH is 1. The molecule has 1 aromatic carbocycles. The molecule has 6 nitrogen and oxygen atoms in total. The van der Waals surface area contributed by atoms with Crippen LogP contribution in [0.15, 0.2) is 18.2 Å². The van der Waals surface area contributed by atoms with Crippen molar-refractivity contribution in [2.45, 2.75) is 39.5 Å². The summed E-state index contributed by atoms with van der Waals surface area (Å²) in [5.41, 5.74) is 0.855. The van der Waals surface area contributed by atoms with Crippen molar-refractivity contribution in [3.8, 4) is 11.5 Å². The Bertz CT molecular complexity index is 461. The maximum atomic E-state index is 11.0. The average molecular weight is 297 g/mol. The highest BCUT2D eigenvalue weighted by atomic mass is 16.5. The first kappa shape index (κ1) is 17.3. The van der Waals surface area contributed by atoms with Crippen molar-refractivity contribution in [1.82, 2.24) is 5.32 Å². The molecule has 1 rings (SSSR count). The fourth-order valence-electron chi connectivity index (χ4n) is 1.90. The summed E-state index contributed by atoms with van der Waals surface area (Å²) in [5, 5.41) is 21.2. The number of carbonyl (C=O) groups is 1. The molecule has 2 atom stereocenters. The van der Waals surface area contributed by atoms with Crippen LogP contribution in [0.3, 0.4) is 0 Å². The lowest BCUT2D eigenvalue weighted by Crippen LogP contribution is -2.44. The first-order valence-electron chi connectivity index (χ1n) is 7.02. The van der Waals surface area contributed by atoms with Gasteiger partial charge in [0.15, 0.2) is 11.5 Å². The average Bonchev–Trinajstić information content (AvgIpc) is 2.41. The topological polar surface area (TPSA) is 88.0 Å². The van der Waals surface area contributed by atoms with E-state index in [9.17, 15) is 9.90 Å². The third-order valence-corrected chi connectivity index (χ3v) is 2.88. The molecule has 0 bridgehead atoms. The lowest BCUT2D eigenvalue weighted by atomic mass is 10.1. The third-order valence-electron chi connectivity index (χ3n) is 2.88. The lowest BCUT2D eigenvalue weighted by molar-refractivity contribution is -0.142. The van der Waals surface area contributed by atoms with E-state index in [4.69, 9.17) is 14.6 Å². The van der Waals surface area contributed by atoms with E-state index in [1.807, 2.05) is 26.0 Å². The Morgan fingerprint density at radius 1 is 1.24 bits per heavy atom. The fraction of sp³-hybridized carbons (Fsp3) is 0.533. The zero-order valence-corrected chi connectivity index (χ0v) is 12.6. The molecule has 1 aromatic rings. The maximum absolute atomic E-state index is 11.0. The Morgan fingerprint density at radius 3 is 2.38 bits per heavy atom. The Balaban J connectivity index is 2.79. The monoisotopic (exact) mass is 297 g/mol. The Hall–Kier alpha value is -1.79.